The van der Waals surface area contributed by atoms with Crippen LogP contribution in [0.25, 0.3) is 5.57 Å². The lowest BCUT2D eigenvalue weighted by Gasteiger charge is -2.52. The molecule has 3 unspecified atom stereocenters. The highest BCUT2D eigenvalue weighted by Crippen LogP contribution is 2.73. The van der Waals surface area contributed by atoms with Gasteiger partial charge in [-0.15, -0.1) is 0 Å². The summed E-state index contributed by atoms with van der Waals surface area (Å²) in [6.45, 7) is 0. The third-order valence-electron chi connectivity index (χ3n) is 8.08. The summed E-state index contributed by atoms with van der Waals surface area (Å²) in [5.74, 6) is 1.46. The van der Waals surface area contributed by atoms with Gasteiger partial charge >= 0.3 is 0 Å². The molecule has 160 valence electrons. The van der Waals surface area contributed by atoms with E-state index in [-0.39, 0.29) is 0 Å². The minimum absolute atomic E-state index is 0.339. The predicted octanol–water partition coefficient (Wildman–Crippen LogP) is 7.50. The minimum atomic E-state index is -0.501. The van der Waals surface area contributed by atoms with Gasteiger partial charge < -0.3 is 4.74 Å². The Morgan fingerprint density at radius 2 is 1.42 bits per heavy atom. The van der Waals surface area contributed by atoms with Crippen LogP contribution in [0, 0.1) is 5.92 Å². The van der Waals surface area contributed by atoms with Crippen molar-refractivity contribution in [2.24, 2.45) is 5.92 Å². The molecule has 1 nitrogen and oxygen atoms in total. The van der Waals surface area contributed by atoms with Gasteiger partial charge in [0.05, 0.1) is 5.41 Å². The summed E-state index contributed by atoms with van der Waals surface area (Å²) in [6.07, 6.45) is 12.8. The van der Waals surface area contributed by atoms with Gasteiger partial charge in [-0.25, -0.2) is 0 Å². The zero-order valence-electron chi connectivity index (χ0n) is 18.6. The maximum atomic E-state index is 7.27. The molecule has 7 rings (SSSR count). The van der Waals surface area contributed by atoms with E-state index in [2.05, 4.69) is 115 Å². The van der Waals surface area contributed by atoms with Crippen molar-refractivity contribution >= 4 is 5.57 Å². The number of allylic oxidation sites excluding steroid dienone is 5. The SMILES string of the molecule is C1=CC2=C3OC(c4ccccc4)(C4CCCC=C34)C2(c2ccccc2)C(c2ccccc2)=C1. The molecule has 3 aromatic carbocycles. The normalized spacial score (nSPS) is 29.2. The maximum absolute atomic E-state index is 7.27. The first-order valence-corrected chi connectivity index (χ1v) is 12.1. The maximum Gasteiger partial charge on any atom is 0.159 e. The molecule has 3 aromatic rings. The third kappa shape index (κ3) is 2.27. The summed E-state index contributed by atoms with van der Waals surface area (Å²) >= 11 is 0. The van der Waals surface area contributed by atoms with E-state index < -0.39 is 11.0 Å². The molecule has 3 atom stereocenters. The summed E-state index contributed by atoms with van der Waals surface area (Å²) in [5, 5.41) is 0. The van der Waals surface area contributed by atoms with Crippen molar-refractivity contribution in [3.63, 3.8) is 0 Å². The number of benzene rings is 3. The second kappa shape index (κ2) is 6.96. The Morgan fingerprint density at radius 1 is 0.758 bits per heavy atom. The molecular formula is C32H26O. The molecule has 2 bridgehead atoms. The third-order valence-corrected chi connectivity index (χ3v) is 8.08. The summed E-state index contributed by atoms with van der Waals surface area (Å²) < 4.78 is 7.27. The fourth-order valence-electron chi connectivity index (χ4n) is 6.98. The molecule has 1 fully saturated rings. The van der Waals surface area contributed by atoms with Gasteiger partial charge in [-0.1, -0.05) is 115 Å². The van der Waals surface area contributed by atoms with E-state index in [4.69, 9.17) is 4.74 Å². The Balaban J connectivity index is 1.65. The zero-order chi connectivity index (χ0) is 21.9. The molecule has 2 aliphatic heterocycles. The molecule has 0 radical (unpaired) electrons. The number of rotatable bonds is 3. The van der Waals surface area contributed by atoms with Gasteiger partial charge in [0.1, 0.15) is 5.76 Å². The molecule has 0 spiro atoms. The summed E-state index contributed by atoms with van der Waals surface area (Å²) in [6, 6.07) is 33.0. The zero-order valence-corrected chi connectivity index (χ0v) is 18.6. The monoisotopic (exact) mass is 426 g/mol. The van der Waals surface area contributed by atoms with E-state index in [9.17, 15) is 0 Å². The van der Waals surface area contributed by atoms with Gasteiger partial charge in [0.2, 0.25) is 0 Å². The minimum Gasteiger partial charge on any atom is -0.480 e. The molecule has 4 aliphatic rings. The van der Waals surface area contributed by atoms with Gasteiger partial charge in [0.25, 0.3) is 0 Å². The molecule has 2 heterocycles. The summed E-state index contributed by atoms with van der Waals surface area (Å²) in [5.41, 5.74) is 7.00. The van der Waals surface area contributed by atoms with Gasteiger partial charge in [-0.05, 0) is 47.1 Å². The van der Waals surface area contributed by atoms with Crippen LogP contribution < -0.4 is 0 Å². The molecule has 1 heteroatoms. The predicted molar refractivity (Wildman–Crippen MR) is 133 cm³/mol. The molecule has 0 saturated carbocycles. The van der Waals surface area contributed by atoms with Crippen LogP contribution in [0.2, 0.25) is 0 Å². The standard InChI is InChI=1S/C32H26O/c1-4-13-23(14-5-1)27-21-12-22-29-30-26-19-10-11-20-28(26)32(33-30,25-17-8-3-9-18-25)31(27,29)24-15-6-2-7-16-24/h1-9,12-19,21-22,28H,10-11,20H2. The van der Waals surface area contributed by atoms with Crippen molar-refractivity contribution in [2.45, 2.75) is 30.3 Å². The Hall–Kier alpha value is -3.58. The van der Waals surface area contributed by atoms with Crippen LogP contribution in [-0.2, 0) is 15.8 Å². The summed E-state index contributed by atoms with van der Waals surface area (Å²) in [7, 11) is 0. The highest BCUT2D eigenvalue weighted by atomic mass is 16.5. The quantitative estimate of drug-likeness (QED) is 0.421. The second-order valence-corrected chi connectivity index (χ2v) is 9.51. The number of ether oxygens (including phenoxy) is 1. The van der Waals surface area contributed by atoms with Crippen LogP contribution in [0.5, 0.6) is 0 Å². The first-order chi connectivity index (χ1) is 16.4. The van der Waals surface area contributed by atoms with Crippen molar-refractivity contribution in [2.75, 3.05) is 0 Å². The number of hydrogen-bond donors (Lipinski definition) is 0. The smallest absolute Gasteiger partial charge is 0.159 e. The van der Waals surface area contributed by atoms with E-state index in [0.717, 1.165) is 18.6 Å². The molecule has 0 aromatic heterocycles. The molecular weight excluding hydrogens is 400 g/mol. The molecule has 33 heavy (non-hydrogen) atoms. The number of fused-ring (bicyclic) bond motifs is 7. The van der Waals surface area contributed by atoms with Crippen LogP contribution in [0.3, 0.4) is 0 Å². The first-order valence-electron chi connectivity index (χ1n) is 12.1. The molecule has 0 amide bonds. The van der Waals surface area contributed by atoms with E-state index in [0.29, 0.717) is 5.92 Å². The van der Waals surface area contributed by atoms with Crippen LogP contribution in [0.15, 0.2) is 132 Å². The fourth-order valence-corrected chi connectivity index (χ4v) is 6.98. The Bertz CT molecular complexity index is 1340. The van der Waals surface area contributed by atoms with Crippen LogP contribution in [0.4, 0.5) is 0 Å². The average Bonchev–Trinajstić information content (AvgIpc) is 3.42. The van der Waals surface area contributed by atoms with Gasteiger partial charge in [-0.3, -0.25) is 0 Å². The fraction of sp³-hybridized carbons (Fsp3) is 0.188. The van der Waals surface area contributed by atoms with Crippen LogP contribution >= 0.6 is 0 Å². The van der Waals surface area contributed by atoms with E-state index >= 15 is 0 Å². The largest absolute Gasteiger partial charge is 0.480 e. The summed E-state index contributed by atoms with van der Waals surface area (Å²) in [4.78, 5) is 0. The molecule has 1 saturated heterocycles. The highest BCUT2D eigenvalue weighted by molar-refractivity contribution is 5.88. The topological polar surface area (TPSA) is 9.23 Å². The van der Waals surface area contributed by atoms with E-state index in [1.165, 1.54) is 39.8 Å². The van der Waals surface area contributed by atoms with Crippen molar-refractivity contribution < 1.29 is 4.74 Å². The van der Waals surface area contributed by atoms with E-state index in [1.54, 1.807) is 0 Å². The van der Waals surface area contributed by atoms with Crippen LogP contribution in [0.1, 0.15) is 36.0 Å². The first kappa shape index (κ1) is 18.9. The lowest BCUT2D eigenvalue weighted by molar-refractivity contribution is -0.0161. The van der Waals surface area contributed by atoms with Crippen molar-refractivity contribution in [1.29, 1.82) is 0 Å². The van der Waals surface area contributed by atoms with Crippen molar-refractivity contribution in [3.8, 4) is 0 Å². The highest BCUT2D eigenvalue weighted by Gasteiger charge is 2.72. The van der Waals surface area contributed by atoms with Crippen molar-refractivity contribution in [3.05, 3.63) is 149 Å². The lowest BCUT2D eigenvalue weighted by Crippen LogP contribution is -2.54. The Kier molecular flexibility index (Phi) is 3.99. The Labute approximate surface area is 195 Å². The Morgan fingerprint density at radius 3 is 2.15 bits per heavy atom. The van der Waals surface area contributed by atoms with Gasteiger partial charge in [-0.2, -0.15) is 0 Å². The van der Waals surface area contributed by atoms with Gasteiger partial charge in [0, 0.05) is 11.5 Å². The molecule has 2 aliphatic carbocycles. The van der Waals surface area contributed by atoms with Gasteiger partial charge in [0.15, 0.2) is 5.60 Å². The lowest BCUT2D eigenvalue weighted by atomic mass is 9.48. The van der Waals surface area contributed by atoms with E-state index in [1.807, 2.05) is 0 Å². The van der Waals surface area contributed by atoms with Crippen LogP contribution in [-0.4, -0.2) is 0 Å². The molecule has 0 N–H and O–H groups in total. The number of hydrogen-bond acceptors (Lipinski definition) is 1. The average molecular weight is 427 g/mol. The van der Waals surface area contributed by atoms with Crippen molar-refractivity contribution in [1.82, 2.24) is 0 Å². The second-order valence-electron chi connectivity index (χ2n) is 9.51.